The third kappa shape index (κ3) is 4.81. The molecule has 0 saturated heterocycles. The molecule has 0 bridgehead atoms. The molecule has 7 nitrogen and oxygen atoms in total. The third-order valence-electron chi connectivity index (χ3n) is 9.30. The summed E-state index contributed by atoms with van der Waals surface area (Å²) in [5, 5.41) is 8.26. The third-order valence-corrected chi connectivity index (χ3v) is 9.30. The average Bonchev–Trinajstić information content (AvgIpc) is 3.82. The first kappa shape index (κ1) is 30.7. The van der Waals surface area contributed by atoms with Crippen LogP contribution in [0.1, 0.15) is 0 Å². The fraction of sp³-hybridized carbons (Fsp3) is 0. The molecular formula is C43H26N6OPt. The minimum atomic E-state index is -0.217. The van der Waals surface area contributed by atoms with E-state index in [1.54, 1.807) is 15.3 Å². The van der Waals surface area contributed by atoms with Crippen molar-refractivity contribution >= 4 is 43.7 Å². The number of aromatic nitrogens is 6. The largest absolute Gasteiger partial charge is 2.00 e. The predicted octanol–water partition coefficient (Wildman–Crippen LogP) is 8.88. The van der Waals surface area contributed by atoms with Gasteiger partial charge in [0, 0.05) is 28.4 Å². The molecule has 6 aromatic carbocycles. The van der Waals surface area contributed by atoms with E-state index in [1.807, 2.05) is 114 Å². The molecule has 0 saturated carbocycles. The number of benzene rings is 6. The zero-order chi connectivity index (χ0) is 33.2. The Hall–Kier alpha value is -6.30. The number of fused-ring (bicyclic) bond motifs is 5. The molecule has 0 aliphatic carbocycles. The van der Waals surface area contributed by atoms with Gasteiger partial charge in [0.25, 0.3) is 0 Å². The first-order valence-corrected chi connectivity index (χ1v) is 16.4. The number of hydrogen-bond donors (Lipinski definition) is 0. The van der Waals surface area contributed by atoms with Crippen LogP contribution < -0.4 is 5.69 Å². The van der Waals surface area contributed by atoms with Crippen LogP contribution in [0.2, 0.25) is 0 Å². The van der Waals surface area contributed by atoms with Gasteiger partial charge in [0.05, 0.1) is 5.52 Å². The van der Waals surface area contributed by atoms with E-state index in [4.69, 9.17) is 5.10 Å². The maximum absolute atomic E-state index is 14.6. The monoisotopic (exact) mass is 837 g/mol. The molecule has 4 aromatic heterocycles. The van der Waals surface area contributed by atoms with Crippen molar-refractivity contribution in [2.75, 3.05) is 0 Å². The molecule has 244 valence electrons. The quantitative estimate of drug-likeness (QED) is 0.163. The van der Waals surface area contributed by atoms with E-state index in [9.17, 15) is 4.79 Å². The van der Waals surface area contributed by atoms with E-state index >= 15 is 0 Å². The van der Waals surface area contributed by atoms with Crippen LogP contribution in [0, 0.1) is 12.1 Å². The first-order valence-electron chi connectivity index (χ1n) is 16.4. The molecule has 0 spiro atoms. The van der Waals surface area contributed by atoms with Gasteiger partial charge in [0.1, 0.15) is 11.5 Å². The van der Waals surface area contributed by atoms with Crippen LogP contribution in [0.15, 0.2) is 163 Å². The molecule has 0 N–H and O–H groups in total. The zero-order valence-electron chi connectivity index (χ0n) is 26.9. The second-order valence-corrected chi connectivity index (χ2v) is 12.2. The second kappa shape index (κ2) is 12.2. The van der Waals surface area contributed by atoms with Crippen molar-refractivity contribution in [2.24, 2.45) is 0 Å². The average molecular weight is 838 g/mol. The van der Waals surface area contributed by atoms with Crippen molar-refractivity contribution in [3.05, 3.63) is 180 Å². The molecule has 51 heavy (non-hydrogen) atoms. The van der Waals surface area contributed by atoms with Crippen molar-refractivity contribution in [3.8, 4) is 34.1 Å². The standard InChI is InChI=1S/C43H26N6O.Pt/c50-43-46(30-15-5-2-6-16-30)38-25-23-32(49-37-20-10-8-18-35(37)42(45-49)29-13-3-1-4-14-29)28-40(38)47(43)31-22-24-34-33-17-7-9-19-36(33)48(39(34)27-31)41-21-11-12-26-44-41;/h1-26H;/q-2;+2. The van der Waals surface area contributed by atoms with Crippen molar-refractivity contribution in [1.29, 1.82) is 0 Å². The Kier molecular flexibility index (Phi) is 7.37. The van der Waals surface area contributed by atoms with Gasteiger partial charge in [-0.15, -0.1) is 35.7 Å². The van der Waals surface area contributed by atoms with Crippen molar-refractivity contribution in [2.45, 2.75) is 0 Å². The van der Waals surface area contributed by atoms with Crippen LogP contribution in [0.5, 0.6) is 0 Å². The number of para-hydroxylation sites is 3. The van der Waals surface area contributed by atoms with Crippen LogP contribution in [0.4, 0.5) is 0 Å². The Bertz CT molecular complexity index is 2940. The van der Waals surface area contributed by atoms with Gasteiger partial charge in [-0.25, -0.2) is 9.78 Å². The molecular weight excluding hydrogens is 812 g/mol. The van der Waals surface area contributed by atoms with E-state index in [-0.39, 0.29) is 26.8 Å². The van der Waals surface area contributed by atoms with Crippen LogP contribution in [0.3, 0.4) is 0 Å². The van der Waals surface area contributed by atoms with Gasteiger partial charge in [-0.05, 0) is 58.5 Å². The smallest absolute Gasteiger partial charge is 0.319 e. The molecule has 0 aliphatic heterocycles. The van der Waals surface area contributed by atoms with Gasteiger partial charge in [0.2, 0.25) is 0 Å². The minimum absolute atomic E-state index is 0. The van der Waals surface area contributed by atoms with E-state index < -0.39 is 0 Å². The van der Waals surface area contributed by atoms with Crippen molar-refractivity contribution in [1.82, 2.24) is 28.5 Å². The van der Waals surface area contributed by atoms with Gasteiger partial charge in [-0.2, -0.15) is 11.2 Å². The molecule has 0 fully saturated rings. The Morgan fingerprint density at radius 1 is 0.490 bits per heavy atom. The minimum Gasteiger partial charge on any atom is -0.319 e. The zero-order valence-corrected chi connectivity index (χ0v) is 29.2. The summed E-state index contributed by atoms with van der Waals surface area (Å²) in [6.45, 7) is 0. The van der Waals surface area contributed by atoms with E-state index in [0.29, 0.717) is 11.2 Å². The van der Waals surface area contributed by atoms with Crippen LogP contribution >= 0.6 is 0 Å². The molecule has 8 heteroatoms. The fourth-order valence-corrected chi connectivity index (χ4v) is 7.08. The SMILES string of the molecule is O=c1n(-c2[c-]c3c(cc2)c2ccccc2n3-c2ccccn2)c2[c-]c(-n3nc(-c4ccccc4)c4ccccc43)ccc2n1-c1ccccc1.[Pt+2]. The van der Waals surface area contributed by atoms with E-state index in [0.717, 1.165) is 66.7 Å². The Morgan fingerprint density at radius 2 is 1.16 bits per heavy atom. The molecule has 0 aliphatic rings. The van der Waals surface area contributed by atoms with Crippen molar-refractivity contribution in [3.63, 3.8) is 0 Å². The van der Waals surface area contributed by atoms with Crippen LogP contribution in [-0.2, 0) is 21.1 Å². The number of nitrogens with zero attached hydrogens (tertiary/aromatic N) is 6. The second-order valence-electron chi connectivity index (χ2n) is 12.2. The summed E-state index contributed by atoms with van der Waals surface area (Å²) in [5.41, 5.74) is 7.93. The molecule has 10 aromatic rings. The molecule has 0 amide bonds. The molecule has 10 rings (SSSR count). The molecule has 0 unspecified atom stereocenters. The van der Waals surface area contributed by atoms with Gasteiger partial charge in [0.15, 0.2) is 0 Å². The summed E-state index contributed by atoms with van der Waals surface area (Å²) in [7, 11) is 0. The predicted molar refractivity (Wildman–Crippen MR) is 199 cm³/mol. The van der Waals surface area contributed by atoms with E-state index in [1.165, 1.54) is 0 Å². The maximum Gasteiger partial charge on any atom is 2.00 e. The van der Waals surface area contributed by atoms with Crippen LogP contribution in [-0.4, -0.2) is 28.5 Å². The maximum atomic E-state index is 14.6. The van der Waals surface area contributed by atoms with Crippen LogP contribution in [0.25, 0.3) is 77.9 Å². The first-order chi connectivity index (χ1) is 24.7. The summed E-state index contributed by atoms with van der Waals surface area (Å²) < 4.78 is 7.46. The summed E-state index contributed by atoms with van der Waals surface area (Å²) >= 11 is 0. The number of imidazole rings is 1. The molecule has 0 atom stereocenters. The van der Waals surface area contributed by atoms with Crippen molar-refractivity contribution < 1.29 is 21.1 Å². The Balaban J connectivity index is 0.00000348. The Labute approximate surface area is 306 Å². The van der Waals surface area contributed by atoms with Gasteiger partial charge >= 0.3 is 26.8 Å². The Morgan fingerprint density at radius 3 is 1.94 bits per heavy atom. The topological polar surface area (TPSA) is 62.6 Å². The molecule has 4 heterocycles. The number of hydrogen-bond acceptors (Lipinski definition) is 3. The number of rotatable bonds is 5. The van der Waals surface area contributed by atoms with Gasteiger partial charge in [-0.3, -0.25) is 4.68 Å². The van der Waals surface area contributed by atoms with Gasteiger partial charge < -0.3 is 13.7 Å². The fourth-order valence-electron chi connectivity index (χ4n) is 7.08. The summed E-state index contributed by atoms with van der Waals surface area (Å²) in [4.78, 5) is 19.3. The normalized spacial score (nSPS) is 11.5. The summed E-state index contributed by atoms with van der Waals surface area (Å²) in [6.07, 6.45) is 1.79. The van der Waals surface area contributed by atoms with Gasteiger partial charge in [-0.1, -0.05) is 102 Å². The number of pyridine rings is 1. The summed E-state index contributed by atoms with van der Waals surface area (Å²) in [6, 6.07) is 57.5. The molecule has 0 radical (unpaired) electrons. The van der Waals surface area contributed by atoms with E-state index in [2.05, 4.69) is 64.1 Å². The summed E-state index contributed by atoms with van der Waals surface area (Å²) in [5.74, 6) is 0.778.